The van der Waals surface area contributed by atoms with Crippen molar-refractivity contribution in [1.82, 2.24) is 10.2 Å². The van der Waals surface area contributed by atoms with Gasteiger partial charge in [-0.2, -0.15) is 0 Å². The molecule has 1 amide bonds. The van der Waals surface area contributed by atoms with Gasteiger partial charge in [-0.25, -0.2) is 4.79 Å². The highest BCUT2D eigenvalue weighted by Gasteiger charge is 2.01. The van der Waals surface area contributed by atoms with E-state index in [4.69, 9.17) is 37.9 Å². The molecule has 0 aromatic heterocycles. The standard InChI is InChI=1S/C26H46N2O9/c1-28(2)9-11-31-13-15-33-17-19-35-21-23-36-22-20-34-18-16-32-14-12-30-10-8-27-26(29)37-24-25-6-4-3-5-7-25/h3-7H,8-24H2,1-2H3,(H,27,29). The minimum atomic E-state index is -0.463. The third-order valence-corrected chi connectivity index (χ3v) is 4.64. The monoisotopic (exact) mass is 530 g/mol. The van der Waals surface area contributed by atoms with Crippen molar-refractivity contribution >= 4 is 6.09 Å². The van der Waals surface area contributed by atoms with Crippen LogP contribution in [0.2, 0.25) is 0 Å². The van der Waals surface area contributed by atoms with Crippen LogP contribution in [-0.2, 0) is 44.5 Å². The summed E-state index contributed by atoms with van der Waals surface area (Å²) < 4.78 is 43.2. The van der Waals surface area contributed by atoms with Crippen LogP contribution in [0.1, 0.15) is 5.56 Å². The van der Waals surface area contributed by atoms with Gasteiger partial charge in [0, 0.05) is 13.1 Å². The number of nitrogens with one attached hydrogen (secondary N) is 1. The van der Waals surface area contributed by atoms with E-state index in [1.54, 1.807) is 0 Å². The van der Waals surface area contributed by atoms with E-state index in [1.165, 1.54) is 0 Å². The van der Waals surface area contributed by atoms with Crippen LogP contribution < -0.4 is 5.32 Å². The van der Waals surface area contributed by atoms with Crippen LogP contribution in [0.4, 0.5) is 4.79 Å². The Balaban J connectivity index is 1.68. The van der Waals surface area contributed by atoms with Gasteiger partial charge in [0.15, 0.2) is 0 Å². The first kappa shape index (κ1) is 33.2. The maximum absolute atomic E-state index is 11.6. The lowest BCUT2D eigenvalue weighted by Crippen LogP contribution is -2.28. The summed E-state index contributed by atoms with van der Waals surface area (Å²) in [5, 5.41) is 2.64. The number of hydrogen-bond acceptors (Lipinski definition) is 10. The second-order valence-electron chi connectivity index (χ2n) is 8.08. The number of nitrogens with zero attached hydrogens (tertiary/aromatic N) is 1. The number of benzene rings is 1. The van der Waals surface area contributed by atoms with E-state index in [1.807, 2.05) is 44.4 Å². The van der Waals surface area contributed by atoms with Crippen LogP contribution in [0.25, 0.3) is 0 Å². The Morgan fingerprint density at radius 1 is 0.622 bits per heavy atom. The summed E-state index contributed by atoms with van der Waals surface area (Å²) in [5.41, 5.74) is 0.943. The number of ether oxygens (including phenoxy) is 8. The van der Waals surface area contributed by atoms with E-state index < -0.39 is 6.09 Å². The van der Waals surface area contributed by atoms with Crippen LogP contribution in [-0.4, -0.2) is 131 Å². The fraction of sp³-hybridized carbons (Fsp3) is 0.731. The number of hydrogen-bond donors (Lipinski definition) is 1. The number of likely N-dealkylation sites (N-methyl/N-ethyl adjacent to an activating group) is 1. The Morgan fingerprint density at radius 2 is 1.03 bits per heavy atom. The Morgan fingerprint density at radius 3 is 1.46 bits per heavy atom. The molecule has 11 heteroatoms. The van der Waals surface area contributed by atoms with E-state index in [0.717, 1.165) is 12.1 Å². The summed E-state index contributed by atoms with van der Waals surface area (Å²) in [6, 6.07) is 9.52. The number of carbonyl (C=O) groups excluding carboxylic acids is 1. The van der Waals surface area contributed by atoms with Gasteiger partial charge < -0.3 is 48.1 Å². The Kier molecular flexibility index (Phi) is 23.2. The van der Waals surface area contributed by atoms with Crippen molar-refractivity contribution in [3.63, 3.8) is 0 Å². The zero-order valence-electron chi connectivity index (χ0n) is 22.5. The van der Waals surface area contributed by atoms with Gasteiger partial charge in [0.05, 0.1) is 92.5 Å². The van der Waals surface area contributed by atoms with Gasteiger partial charge in [0.25, 0.3) is 0 Å². The van der Waals surface area contributed by atoms with Gasteiger partial charge in [0.1, 0.15) is 6.61 Å². The molecule has 0 unspecified atom stereocenters. The molecule has 37 heavy (non-hydrogen) atoms. The number of rotatable bonds is 26. The molecule has 0 aliphatic carbocycles. The Bertz CT molecular complexity index is 623. The number of carbonyl (C=O) groups is 1. The third kappa shape index (κ3) is 24.3. The quantitative estimate of drug-likeness (QED) is 0.178. The van der Waals surface area contributed by atoms with Crippen LogP contribution in [0.15, 0.2) is 30.3 Å². The van der Waals surface area contributed by atoms with E-state index in [-0.39, 0.29) is 6.61 Å². The highest BCUT2D eigenvalue weighted by Crippen LogP contribution is 2.00. The molecular formula is C26H46N2O9. The lowest BCUT2D eigenvalue weighted by atomic mass is 10.2. The minimum absolute atomic E-state index is 0.245. The zero-order valence-corrected chi connectivity index (χ0v) is 22.5. The maximum atomic E-state index is 11.6. The molecular weight excluding hydrogens is 484 g/mol. The smallest absolute Gasteiger partial charge is 0.407 e. The average molecular weight is 531 g/mol. The molecule has 0 heterocycles. The van der Waals surface area contributed by atoms with Gasteiger partial charge in [0.2, 0.25) is 0 Å². The second kappa shape index (κ2) is 25.8. The topological polar surface area (TPSA) is 106 Å². The van der Waals surface area contributed by atoms with Crippen molar-refractivity contribution in [1.29, 1.82) is 0 Å². The molecule has 0 fully saturated rings. The second-order valence-corrected chi connectivity index (χ2v) is 8.08. The predicted molar refractivity (Wildman–Crippen MR) is 139 cm³/mol. The summed E-state index contributed by atoms with van der Waals surface area (Å²) in [5.74, 6) is 0. The molecule has 1 rings (SSSR count). The van der Waals surface area contributed by atoms with Crippen molar-refractivity contribution in [2.45, 2.75) is 6.61 Å². The van der Waals surface area contributed by atoms with Gasteiger partial charge in [-0.3, -0.25) is 0 Å². The normalized spacial score (nSPS) is 11.2. The zero-order chi connectivity index (χ0) is 26.7. The molecule has 0 radical (unpaired) electrons. The average Bonchev–Trinajstić information content (AvgIpc) is 2.90. The first-order chi connectivity index (χ1) is 18.2. The molecule has 0 bridgehead atoms. The van der Waals surface area contributed by atoms with E-state index in [9.17, 15) is 4.79 Å². The number of alkyl carbamates (subject to hydrolysis) is 1. The van der Waals surface area contributed by atoms with Crippen molar-refractivity contribution in [2.24, 2.45) is 0 Å². The SMILES string of the molecule is CN(C)CCOCCOCCOCCOCCOCCOCCOCCNC(=O)OCc1ccccc1. The molecule has 1 aromatic rings. The fourth-order valence-corrected chi connectivity index (χ4v) is 2.67. The lowest BCUT2D eigenvalue weighted by molar-refractivity contribution is -0.0206. The predicted octanol–water partition coefficient (Wildman–Crippen LogP) is 1.59. The minimum Gasteiger partial charge on any atom is -0.445 e. The summed E-state index contributed by atoms with van der Waals surface area (Å²) in [4.78, 5) is 13.7. The van der Waals surface area contributed by atoms with Gasteiger partial charge in [-0.15, -0.1) is 0 Å². The lowest BCUT2D eigenvalue weighted by Gasteiger charge is -2.10. The van der Waals surface area contributed by atoms with Gasteiger partial charge in [-0.1, -0.05) is 30.3 Å². The molecule has 0 aliphatic heterocycles. The summed E-state index contributed by atoms with van der Waals surface area (Å²) in [6.07, 6.45) is -0.463. The van der Waals surface area contributed by atoms with E-state index >= 15 is 0 Å². The first-order valence-electron chi connectivity index (χ1n) is 12.8. The summed E-state index contributed by atoms with van der Waals surface area (Å²) >= 11 is 0. The Hall–Kier alpha value is -1.83. The molecule has 0 aliphatic rings. The van der Waals surface area contributed by atoms with Crippen molar-refractivity contribution in [2.75, 3.05) is 120 Å². The molecule has 0 saturated heterocycles. The maximum Gasteiger partial charge on any atom is 0.407 e. The molecule has 1 N–H and O–H groups in total. The molecule has 0 saturated carbocycles. The third-order valence-electron chi connectivity index (χ3n) is 4.64. The molecule has 1 aromatic carbocycles. The van der Waals surface area contributed by atoms with Crippen LogP contribution in [0, 0.1) is 0 Å². The van der Waals surface area contributed by atoms with Gasteiger partial charge >= 0.3 is 6.09 Å². The van der Waals surface area contributed by atoms with Crippen molar-refractivity contribution < 1.29 is 42.7 Å². The summed E-state index contributed by atoms with van der Waals surface area (Å²) in [6.45, 7) is 8.83. The molecule has 214 valence electrons. The largest absolute Gasteiger partial charge is 0.445 e. The van der Waals surface area contributed by atoms with Crippen LogP contribution in [0.3, 0.4) is 0 Å². The van der Waals surface area contributed by atoms with E-state index in [0.29, 0.717) is 99.0 Å². The highest BCUT2D eigenvalue weighted by atomic mass is 16.6. The van der Waals surface area contributed by atoms with Gasteiger partial charge in [-0.05, 0) is 19.7 Å². The van der Waals surface area contributed by atoms with Crippen molar-refractivity contribution in [3.8, 4) is 0 Å². The number of amides is 1. The molecule has 11 nitrogen and oxygen atoms in total. The van der Waals surface area contributed by atoms with Crippen LogP contribution in [0.5, 0.6) is 0 Å². The Labute approximate surface area is 221 Å². The van der Waals surface area contributed by atoms with Crippen molar-refractivity contribution in [3.05, 3.63) is 35.9 Å². The van der Waals surface area contributed by atoms with Crippen LogP contribution >= 0.6 is 0 Å². The summed E-state index contributed by atoms with van der Waals surface area (Å²) in [7, 11) is 4.03. The first-order valence-corrected chi connectivity index (χ1v) is 12.8. The molecule has 0 atom stereocenters. The molecule has 0 spiro atoms. The fourth-order valence-electron chi connectivity index (χ4n) is 2.67. The highest BCUT2D eigenvalue weighted by molar-refractivity contribution is 5.67. The van der Waals surface area contributed by atoms with E-state index in [2.05, 4.69) is 10.2 Å².